The predicted molar refractivity (Wildman–Crippen MR) is 92.5 cm³/mol. The van der Waals surface area contributed by atoms with E-state index in [4.69, 9.17) is 4.74 Å². The fourth-order valence-electron chi connectivity index (χ4n) is 3.29. The monoisotopic (exact) mass is 328 g/mol. The van der Waals surface area contributed by atoms with E-state index in [0.29, 0.717) is 19.5 Å². The van der Waals surface area contributed by atoms with E-state index < -0.39 is 5.60 Å². The van der Waals surface area contributed by atoms with Gasteiger partial charge in [-0.05, 0) is 38.8 Å². The average molecular weight is 328 g/mol. The van der Waals surface area contributed by atoms with Gasteiger partial charge in [-0.2, -0.15) is 0 Å². The number of ketones is 1. The summed E-state index contributed by atoms with van der Waals surface area (Å²) < 4.78 is 5.74. The molecule has 1 saturated heterocycles. The van der Waals surface area contributed by atoms with Crippen LogP contribution in [-0.2, 0) is 14.3 Å². The van der Waals surface area contributed by atoms with Gasteiger partial charge in [-0.1, -0.05) is 18.2 Å². The third kappa shape index (κ3) is 3.96. The third-order valence-electron chi connectivity index (χ3n) is 4.34. The minimum atomic E-state index is -0.617. The fraction of sp³-hybridized carbons (Fsp3) is 0.474. The van der Waals surface area contributed by atoms with E-state index in [1.54, 1.807) is 4.90 Å². The Morgan fingerprint density at radius 3 is 2.75 bits per heavy atom. The van der Waals surface area contributed by atoms with Crippen LogP contribution in [0.3, 0.4) is 0 Å². The van der Waals surface area contributed by atoms with Gasteiger partial charge >= 0.3 is 0 Å². The highest BCUT2D eigenvalue weighted by Gasteiger charge is 2.34. The van der Waals surface area contributed by atoms with E-state index in [1.807, 2.05) is 44.2 Å². The van der Waals surface area contributed by atoms with Gasteiger partial charge in [-0.15, -0.1) is 0 Å². The molecule has 5 heteroatoms. The fourth-order valence-corrected chi connectivity index (χ4v) is 3.29. The molecule has 128 valence electrons. The summed E-state index contributed by atoms with van der Waals surface area (Å²) in [6.45, 7) is 4.98. The molecule has 1 amide bonds. The molecular weight excluding hydrogens is 304 g/mol. The Hall–Kier alpha value is -2.30. The van der Waals surface area contributed by atoms with Crippen LogP contribution in [0.4, 0.5) is 5.69 Å². The highest BCUT2D eigenvalue weighted by molar-refractivity contribution is 6.01. The zero-order valence-electron chi connectivity index (χ0n) is 14.2. The van der Waals surface area contributed by atoms with Crippen LogP contribution in [0.1, 0.15) is 33.1 Å². The van der Waals surface area contributed by atoms with E-state index in [1.165, 1.54) is 6.08 Å². The average Bonchev–Trinajstić information content (AvgIpc) is 2.53. The Bertz CT molecular complexity index is 652. The molecule has 24 heavy (non-hydrogen) atoms. The molecule has 0 bridgehead atoms. The number of hydrogen-bond donors (Lipinski definition) is 1. The molecule has 1 aromatic carbocycles. The lowest BCUT2D eigenvalue weighted by Gasteiger charge is -2.36. The second-order valence-corrected chi connectivity index (χ2v) is 7.11. The first-order chi connectivity index (χ1) is 11.4. The minimum absolute atomic E-state index is 0.0504. The van der Waals surface area contributed by atoms with Gasteiger partial charge < -0.3 is 15.0 Å². The van der Waals surface area contributed by atoms with Gasteiger partial charge in [0.05, 0.1) is 0 Å². The first-order valence-corrected chi connectivity index (χ1v) is 8.47. The number of carbonyl (C=O) groups is 2. The van der Waals surface area contributed by atoms with Crippen LogP contribution in [0, 0.1) is 0 Å². The number of rotatable bonds is 3. The number of nitrogens with zero attached hydrogens (tertiary/aromatic N) is 1. The molecule has 2 heterocycles. The first-order valence-electron chi connectivity index (χ1n) is 8.47. The van der Waals surface area contributed by atoms with Crippen LogP contribution in [0.25, 0.3) is 0 Å². The van der Waals surface area contributed by atoms with Crippen LogP contribution < -0.4 is 5.32 Å². The molecule has 1 atom stereocenters. The Labute approximate surface area is 142 Å². The minimum Gasteiger partial charge on any atom is -0.481 e. The largest absolute Gasteiger partial charge is 0.481 e. The number of carbonyl (C=O) groups excluding carboxylic acids is 2. The summed E-state index contributed by atoms with van der Waals surface area (Å²) in [5, 5.41) is 3.47. The number of nitrogens with one attached hydrogen (secondary N) is 1. The van der Waals surface area contributed by atoms with Crippen LogP contribution >= 0.6 is 0 Å². The number of anilines is 1. The molecule has 5 nitrogen and oxygen atoms in total. The quantitative estimate of drug-likeness (QED) is 0.927. The van der Waals surface area contributed by atoms with E-state index in [-0.39, 0.29) is 23.5 Å². The number of allylic oxidation sites excluding steroid dienone is 1. The second-order valence-electron chi connectivity index (χ2n) is 7.11. The van der Waals surface area contributed by atoms with E-state index >= 15 is 0 Å². The summed E-state index contributed by atoms with van der Waals surface area (Å²) in [5.74, 6) is -0.0575. The number of para-hydroxylation sites is 1. The Balaban J connectivity index is 1.66. The summed E-state index contributed by atoms with van der Waals surface area (Å²) >= 11 is 0. The van der Waals surface area contributed by atoms with Crippen LogP contribution in [0.15, 0.2) is 42.2 Å². The van der Waals surface area contributed by atoms with Crippen LogP contribution in [0.5, 0.6) is 0 Å². The van der Waals surface area contributed by atoms with Gasteiger partial charge in [-0.25, -0.2) is 0 Å². The van der Waals surface area contributed by atoms with Gasteiger partial charge in [0.25, 0.3) is 5.91 Å². The van der Waals surface area contributed by atoms with Gasteiger partial charge in [0.15, 0.2) is 11.5 Å². The zero-order chi connectivity index (χ0) is 17.2. The summed E-state index contributed by atoms with van der Waals surface area (Å²) in [5.41, 5.74) is 0.440. The van der Waals surface area contributed by atoms with Crippen molar-refractivity contribution in [1.29, 1.82) is 0 Å². The lowest BCUT2D eigenvalue weighted by atomic mass is 9.98. The third-order valence-corrected chi connectivity index (χ3v) is 4.34. The Morgan fingerprint density at radius 1 is 1.29 bits per heavy atom. The molecule has 1 fully saturated rings. The topological polar surface area (TPSA) is 58.6 Å². The van der Waals surface area contributed by atoms with E-state index in [2.05, 4.69) is 5.32 Å². The number of benzene rings is 1. The van der Waals surface area contributed by atoms with Crippen molar-refractivity contribution in [3.05, 3.63) is 42.2 Å². The number of likely N-dealkylation sites (tertiary alicyclic amines) is 1. The van der Waals surface area contributed by atoms with E-state index in [9.17, 15) is 9.59 Å². The summed E-state index contributed by atoms with van der Waals surface area (Å²) in [4.78, 5) is 26.4. The molecule has 1 N–H and O–H groups in total. The smallest absolute Gasteiger partial charge is 0.289 e. The Kier molecular flexibility index (Phi) is 4.60. The maximum absolute atomic E-state index is 12.7. The van der Waals surface area contributed by atoms with Crippen molar-refractivity contribution >= 4 is 17.4 Å². The molecule has 0 aliphatic carbocycles. The van der Waals surface area contributed by atoms with Gasteiger partial charge in [0, 0.05) is 37.3 Å². The van der Waals surface area contributed by atoms with Crippen molar-refractivity contribution in [2.45, 2.75) is 44.8 Å². The number of piperidine rings is 1. The zero-order valence-corrected chi connectivity index (χ0v) is 14.2. The first kappa shape index (κ1) is 16.6. The lowest BCUT2D eigenvalue weighted by molar-refractivity contribution is -0.138. The molecule has 0 spiro atoms. The molecule has 0 saturated carbocycles. The second kappa shape index (κ2) is 6.67. The molecule has 3 rings (SSSR count). The molecule has 2 aliphatic heterocycles. The van der Waals surface area contributed by atoms with Crippen molar-refractivity contribution in [3.8, 4) is 0 Å². The van der Waals surface area contributed by atoms with Gasteiger partial charge in [0.1, 0.15) is 5.60 Å². The van der Waals surface area contributed by atoms with Gasteiger partial charge in [0.2, 0.25) is 0 Å². The van der Waals surface area contributed by atoms with Crippen molar-refractivity contribution in [3.63, 3.8) is 0 Å². The number of hydrogen-bond acceptors (Lipinski definition) is 4. The molecule has 0 unspecified atom stereocenters. The number of ether oxygens (including phenoxy) is 1. The van der Waals surface area contributed by atoms with Crippen molar-refractivity contribution in [2.24, 2.45) is 0 Å². The van der Waals surface area contributed by atoms with Crippen LogP contribution in [-0.4, -0.2) is 41.3 Å². The molecule has 2 aliphatic rings. The summed E-state index contributed by atoms with van der Waals surface area (Å²) in [6, 6.07) is 10.2. The maximum atomic E-state index is 12.7. The molecule has 0 radical (unpaired) electrons. The lowest BCUT2D eigenvalue weighted by Crippen LogP contribution is -2.47. The summed E-state index contributed by atoms with van der Waals surface area (Å²) in [7, 11) is 0. The standard InChI is InChI=1S/C19H24N2O3/c1-19(2)12-16(22)11-17(24-19)18(23)21-10-6-9-15(13-21)20-14-7-4-3-5-8-14/h3-5,7-8,11,15,20H,6,9-10,12-13H2,1-2H3/t15-/m1/s1. The predicted octanol–water partition coefficient (Wildman–Crippen LogP) is 2.74. The highest BCUT2D eigenvalue weighted by atomic mass is 16.5. The molecule has 0 aromatic heterocycles. The Morgan fingerprint density at radius 2 is 2.04 bits per heavy atom. The van der Waals surface area contributed by atoms with Crippen molar-refractivity contribution in [2.75, 3.05) is 18.4 Å². The molecular formula is C19H24N2O3. The summed E-state index contributed by atoms with van der Waals surface area (Å²) in [6.07, 6.45) is 3.60. The normalized spacial score (nSPS) is 23.2. The number of amides is 1. The molecule has 1 aromatic rings. The SMILES string of the molecule is CC1(C)CC(=O)C=C(C(=O)N2CCC[C@@H](Nc3ccccc3)C2)O1. The maximum Gasteiger partial charge on any atom is 0.289 e. The highest BCUT2D eigenvalue weighted by Crippen LogP contribution is 2.27. The van der Waals surface area contributed by atoms with Crippen molar-refractivity contribution in [1.82, 2.24) is 4.90 Å². The van der Waals surface area contributed by atoms with Gasteiger partial charge in [-0.3, -0.25) is 9.59 Å². The van der Waals surface area contributed by atoms with E-state index in [0.717, 1.165) is 18.5 Å². The van der Waals surface area contributed by atoms with Crippen molar-refractivity contribution < 1.29 is 14.3 Å². The van der Waals surface area contributed by atoms with Crippen LogP contribution in [0.2, 0.25) is 0 Å².